The van der Waals surface area contributed by atoms with E-state index in [2.05, 4.69) is 4.90 Å². The van der Waals surface area contributed by atoms with Crippen molar-refractivity contribution in [3.8, 4) is 6.07 Å². The third kappa shape index (κ3) is 4.38. The van der Waals surface area contributed by atoms with E-state index in [1.54, 1.807) is 18.2 Å². The van der Waals surface area contributed by atoms with Gasteiger partial charge in [0.2, 0.25) is 0 Å². The molecule has 2 heterocycles. The molecule has 0 atom stereocenters. The standard InChI is InChI=1S/C24H28BF2N3O2/c1-23(2)24(3,4)32-25(31-23)19-7-6-18(20(26)14-19)16-29-9-11-30(12-10-29)22-8-5-17(15-28)13-21(22)27/h5-8,13-14H,9-12,16H2,1-4H3. The summed E-state index contributed by atoms with van der Waals surface area (Å²) in [5.41, 5.74) is 1.15. The fourth-order valence-corrected chi connectivity index (χ4v) is 4.04. The van der Waals surface area contributed by atoms with Crippen LogP contribution in [0.5, 0.6) is 0 Å². The number of nitriles is 1. The number of hydrogen-bond donors (Lipinski definition) is 0. The van der Waals surface area contributed by atoms with Gasteiger partial charge in [0.05, 0.1) is 28.5 Å². The van der Waals surface area contributed by atoms with Gasteiger partial charge in [0, 0.05) is 38.3 Å². The normalized spacial score (nSPS) is 20.4. The number of piperazine rings is 1. The van der Waals surface area contributed by atoms with Crippen LogP contribution in [0.1, 0.15) is 38.8 Å². The number of rotatable bonds is 4. The summed E-state index contributed by atoms with van der Waals surface area (Å²) in [6, 6.07) is 11.6. The number of anilines is 1. The van der Waals surface area contributed by atoms with Gasteiger partial charge in [-0.25, -0.2) is 8.78 Å². The van der Waals surface area contributed by atoms with Crippen molar-refractivity contribution in [1.82, 2.24) is 4.90 Å². The molecule has 5 nitrogen and oxygen atoms in total. The van der Waals surface area contributed by atoms with Gasteiger partial charge in [-0.1, -0.05) is 12.1 Å². The lowest BCUT2D eigenvalue weighted by Crippen LogP contribution is -2.46. The van der Waals surface area contributed by atoms with Crippen LogP contribution in [-0.4, -0.2) is 49.4 Å². The topological polar surface area (TPSA) is 48.7 Å². The molecule has 2 fully saturated rings. The van der Waals surface area contributed by atoms with E-state index >= 15 is 0 Å². The minimum atomic E-state index is -0.589. The summed E-state index contributed by atoms with van der Waals surface area (Å²) in [5, 5.41) is 8.90. The van der Waals surface area contributed by atoms with Gasteiger partial charge in [0.25, 0.3) is 0 Å². The molecule has 2 aliphatic rings. The maximum Gasteiger partial charge on any atom is 0.494 e. The molecule has 168 valence electrons. The van der Waals surface area contributed by atoms with Crippen molar-refractivity contribution in [3.05, 3.63) is 59.2 Å². The molecule has 0 N–H and O–H groups in total. The second-order valence-electron chi connectivity index (χ2n) is 9.48. The van der Waals surface area contributed by atoms with Crippen LogP contribution in [-0.2, 0) is 15.9 Å². The van der Waals surface area contributed by atoms with Crippen LogP contribution in [0.4, 0.5) is 14.5 Å². The van der Waals surface area contributed by atoms with Crippen LogP contribution >= 0.6 is 0 Å². The van der Waals surface area contributed by atoms with Gasteiger partial charge in [-0.05, 0) is 57.4 Å². The van der Waals surface area contributed by atoms with Gasteiger partial charge in [-0.2, -0.15) is 5.26 Å². The molecule has 0 saturated carbocycles. The molecule has 2 saturated heterocycles. The predicted molar refractivity (Wildman–Crippen MR) is 121 cm³/mol. The molecule has 8 heteroatoms. The summed E-state index contributed by atoms with van der Waals surface area (Å²) < 4.78 is 41.2. The van der Waals surface area contributed by atoms with Gasteiger partial charge in [0.15, 0.2) is 0 Å². The highest BCUT2D eigenvalue weighted by Crippen LogP contribution is 2.36. The van der Waals surface area contributed by atoms with Crippen molar-refractivity contribution in [3.63, 3.8) is 0 Å². The number of nitrogens with zero attached hydrogens (tertiary/aromatic N) is 3. The average Bonchev–Trinajstić information content (AvgIpc) is 2.97. The van der Waals surface area contributed by atoms with Crippen LogP contribution in [0, 0.1) is 23.0 Å². The Balaban J connectivity index is 1.37. The Hall–Kier alpha value is -2.47. The van der Waals surface area contributed by atoms with E-state index < -0.39 is 18.3 Å². The maximum atomic E-state index is 14.9. The van der Waals surface area contributed by atoms with Crippen molar-refractivity contribution in [2.24, 2.45) is 0 Å². The van der Waals surface area contributed by atoms with Crippen molar-refractivity contribution in [2.45, 2.75) is 45.4 Å². The summed E-state index contributed by atoms with van der Waals surface area (Å²) in [7, 11) is -0.589. The van der Waals surface area contributed by atoms with Crippen molar-refractivity contribution < 1.29 is 18.1 Å². The molecule has 4 rings (SSSR count). The van der Waals surface area contributed by atoms with Crippen LogP contribution < -0.4 is 10.4 Å². The van der Waals surface area contributed by atoms with Gasteiger partial charge in [-0.15, -0.1) is 0 Å². The quantitative estimate of drug-likeness (QED) is 0.684. The molecule has 0 aromatic heterocycles. The van der Waals surface area contributed by atoms with Crippen molar-refractivity contribution in [2.75, 3.05) is 31.1 Å². The van der Waals surface area contributed by atoms with Crippen LogP contribution in [0.25, 0.3) is 0 Å². The largest absolute Gasteiger partial charge is 0.494 e. The highest BCUT2D eigenvalue weighted by Gasteiger charge is 2.51. The van der Waals surface area contributed by atoms with Gasteiger partial charge in [-0.3, -0.25) is 4.90 Å². The maximum absolute atomic E-state index is 14.9. The zero-order chi connectivity index (χ0) is 23.1. The first-order valence-corrected chi connectivity index (χ1v) is 10.9. The Morgan fingerprint density at radius 3 is 2.16 bits per heavy atom. The third-order valence-electron chi connectivity index (χ3n) is 6.79. The Morgan fingerprint density at radius 1 is 0.938 bits per heavy atom. The molecule has 0 amide bonds. The molecule has 0 spiro atoms. The number of halogens is 2. The fourth-order valence-electron chi connectivity index (χ4n) is 4.04. The van der Waals surface area contributed by atoms with Crippen LogP contribution in [0.3, 0.4) is 0 Å². The molecule has 0 unspecified atom stereocenters. The van der Waals surface area contributed by atoms with Gasteiger partial charge < -0.3 is 14.2 Å². The van der Waals surface area contributed by atoms with Crippen LogP contribution in [0.15, 0.2) is 36.4 Å². The minimum Gasteiger partial charge on any atom is -0.399 e. The van der Waals surface area contributed by atoms with Crippen LogP contribution in [0.2, 0.25) is 0 Å². The SMILES string of the molecule is CC1(C)OB(c2ccc(CN3CCN(c4ccc(C#N)cc4F)CC3)c(F)c2)OC1(C)C. The van der Waals surface area contributed by atoms with E-state index in [1.165, 1.54) is 12.1 Å². The number of benzene rings is 2. The third-order valence-corrected chi connectivity index (χ3v) is 6.79. The highest BCUT2D eigenvalue weighted by molar-refractivity contribution is 6.62. The van der Waals surface area contributed by atoms with E-state index in [0.29, 0.717) is 55.0 Å². The van der Waals surface area contributed by atoms with Crippen molar-refractivity contribution in [1.29, 1.82) is 5.26 Å². The Labute approximate surface area is 188 Å². The van der Waals surface area contributed by atoms with Gasteiger partial charge in [0.1, 0.15) is 11.6 Å². The molecule has 0 radical (unpaired) electrons. The van der Waals surface area contributed by atoms with E-state index in [-0.39, 0.29) is 11.6 Å². The summed E-state index contributed by atoms with van der Waals surface area (Å²) in [5.74, 6) is -0.667. The second kappa shape index (κ2) is 8.47. The molecule has 2 aromatic carbocycles. The molecule has 32 heavy (non-hydrogen) atoms. The minimum absolute atomic E-state index is 0.280. The van der Waals surface area contributed by atoms with E-state index in [1.807, 2.05) is 44.7 Å². The monoisotopic (exact) mass is 439 g/mol. The lowest BCUT2D eigenvalue weighted by molar-refractivity contribution is 0.00578. The average molecular weight is 439 g/mol. The zero-order valence-corrected chi connectivity index (χ0v) is 19.0. The van der Waals surface area contributed by atoms with E-state index in [0.717, 1.165) is 0 Å². The Bertz CT molecular complexity index is 1030. The molecular weight excluding hydrogens is 411 g/mol. The fraction of sp³-hybridized carbons (Fsp3) is 0.458. The summed E-state index contributed by atoms with van der Waals surface area (Å²) in [6.45, 7) is 11.0. The van der Waals surface area contributed by atoms with Gasteiger partial charge >= 0.3 is 7.12 Å². The first kappa shape index (κ1) is 22.7. The zero-order valence-electron chi connectivity index (χ0n) is 19.0. The lowest BCUT2D eigenvalue weighted by Gasteiger charge is -2.36. The molecule has 0 bridgehead atoms. The predicted octanol–water partition coefficient (Wildman–Crippen LogP) is 3.46. The highest BCUT2D eigenvalue weighted by atomic mass is 19.1. The summed E-state index contributed by atoms with van der Waals surface area (Å²) in [4.78, 5) is 4.12. The number of hydrogen-bond acceptors (Lipinski definition) is 5. The Kier molecular flexibility index (Phi) is 6.01. The molecule has 2 aromatic rings. The first-order chi connectivity index (χ1) is 15.1. The second-order valence-corrected chi connectivity index (χ2v) is 9.48. The van der Waals surface area contributed by atoms with E-state index in [9.17, 15) is 8.78 Å². The molecule has 0 aliphatic carbocycles. The first-order valence-electron chi connectivity index (χ1n) is 10.9. The van der Waals surface area contributed by atoms with Crippen molar-refractivity contribution >= 4 is 18.3 Å². The van der Waals surface area contributed by atoms with E-state index in [4.69, 9.17) is 14.6 Å². The summed E-state index contributed by atoms with van der Waals surface area (Å²) in [6.07, 6.45) is 0. The Morgan fingerprint density at radius 2 is 1.59 bits per heavy atom. The lowest BCUT2D eigenvalue weighted by atomic mass is 9.78. The summed E-state index contributed by atoms with van der Waals surface area (Å²) >= 11 is 0. The smallest absolute Gasteiger partial charge is 0.399 e. The molecule has 2 aliphatic heterocycles. The molecular formula is C24H28BF2N3O2.